The fraction of sp³-hybridized carbons (Fsp3) is 0.286. The number of hydrogen-bond donors (Lipinski definition) is 1. The SMILES string of the molecule is Cc1ccccc1CCNCc1cccs1. The second kappa shape index (κ2) is 5.83. The van der Waals surface area contributed by atoms with E-state index in [9.17, 15) is 0 Å². The van der Waals surface area contributed by atoms with E-state index in [-0.39, 0.29) is 0 Å². The van der Waals surface area contributed by atoms with Crippen molar-refractivity contribution in [3.8, 4) is 0 Å². The van der Waals surface area contributed by atoms with Crippen LogP contribution in [0.5, 0.6) is 0 Å². The van der Waals surface area contributed by atoms with E-state index in [2.05, 4.69) is 54.0 Å². The molecule has 0 aliphatic carbocycles. The Balaban J connectivity index is 1.74. The molecule has 0 aliphatic rings. The lowest BCUT2D eigenvalue weighted by Crippen LogP contribution is -2.16. The monoisotopic (exact) mass is 231 g/mol. The lowest BCUT2D eigenvalue weighted by molar-refractivity contribution is 0.692. The first-order valence-corrected chi connectivity index (χ1v) is 6.52. The van der Waals surface area contributed by atoms with Crippen LogP contribution in [0.4, 0.5) is 0 Å². The van der Waals surface area contributed by atoms with E-state index in [0.717, 1.165) is 19.5 Å². The van der Waals surface area contributed by atoms with Gasteiger partial charge in [-0.1, -0.05) is 30.3 Å². The molecule has 84 valence electrons. The smallest absolute Gasteiger partial charge is 0.0299 e. The van der Waals surface area contributed by atoms with Crippen molar-refractivity contribution < 1.29 is 0 Å². The van der Waals surface area contributed by atoms with Crippen LogP contribution in [0.25, 0.3) is 0 Å². The molecule has 1 N–H and O–H groups in total. The molecule has 0 radical (unpaired) electrons. The summed E-state index contributed by atoms with van der Waals surface area (Å²) in [6, 6.07) is 12.9. The van der Waals surface area contributed by atoms with Crippen molar-refractivity contribution in [3.05, 3.63) is 57.8 Å². The Morgan fingerprint density at radius 2 is 2.00 bits per heavy atom. The summed E-state index contributed by atoms with van der Waals surface area (Å²) in [5, 5.41) is 5.60. The van der Waals surface area contributed by atoms with E-state index in [1.54, 1.807) is 0 Å². The molecule has 0 unspecified atom stereocenters. The van der Waals surface area contributed by atoms with Gasteiger partial charge in [-0.05, 0) is 42.5 Å². The van der Waals surface area contributed by atoms with Crippen LogP contribution >= 0.6 is 11.3 Å². The average Bonchev–Trinajstić information content (AvgIpc) is 2.79. The molecule has 0 amide bonds. The first kappa shape index (κ1) is 11.4. The van der Waals surface area contributed by atoms with Gasteiger partial charge >= 0.3 is 0 Å². The number of nitrogens with one attached hydrogen (secondary N) is 1. The number of rotatable bonds is 5. The second-order valence-corrected chi connectivity index (χ2v) is 4.96. The number of benzene rings is 1. The molecule has 0 aliphatic heterocycles. The number of hydrogen-bond acceptors (Lipinski definition) is 2. The Morgan fingerprint density at radius 1 is 1.12 bits per heavy atom. The van der Waals surface area contributed by atoms with E-state index in [4.69, 9.17) is 0 Å². The average molecular weight is 231 g/mol. The maximum atomic E-state index is 3.47. The van der Waals surface area contributed by atoms with Crippen LogP contribution in [-0.4, -0.2) is 6.54 Å². The third kappa shape index (κ3) is 3.19. The van der Waals surface area contributed by atoms with E-state index < -0.39 is 0 Å². The van der Waals surface area contributed by atoms with Crippen LogP contribution in [-0.2, 0) is 13.0 Å². The van der Waals surface area contributed by atoms with Crippen molar-refractivity contribution in [1.82, 2.24) is 5.32 Å². The van der Waals surface area contributed by atoms with E-state index in [0.29, 0.717) is 0 Å². The van der Waals surface area contributed by atoms with Crippen molar-refractivity contribution >= 4 is 11.3 Å². The summed E-state index contributed by atoms with van der Waals surface area (Å²) >= 11 is 1.81. The molecule has 1 nitrogen and oxygen atoms in total. The highest BCUT2D eigenvalue weighted by Crippen LogP contribution is 2.09. The highest BCUT2D eigenvalue weighted by atomic mass is 32.1. The molecule has 2 aromatic rings. The van der Waals surface area contributed by atoms with Gasteiger partial charge in [0.2, 0.25) is 0 Å². The molecule has 0 atom stereocenters. The molecule has 0 spiro atoms. The summed E-state index contributed by atoms with van der Waals surface area (Å²) in [5.41, 5.74) is 2.83. The van der Waals surface area contributed by atoms with Crippen molar-refractivity contribution in [3.63, 3.8) is 0 Å². The summed E-state index contributed by atoms with van der Waals surface area (Å²) < 4.78 is 0. The largest absolute Gasteiger partial charge is 0.312 e. The fourth-order valence-electron chi connectivity index (χ4n) is 1.74. The van der Waals surface area contributed by atoms with Crippen LogP contribution in [0.2, 0.25) is 0 Å². The van der Waals surface area contributed by atoms with Crippen molar-refractivity contribution in [2.24, 2.45) is 0 Å². The predicted octanol–water partition coefficient (Wildman–Crippen LogP) is 3.39. The van der Waals surface area contributed by atoms with Crippen LogP contribution in [0, 0.1) is 6.92 Å². The second-order valence-electron chi connectivity index (χ2n) is 3.93. The highest BCUT2D eigenvalue weighted by Gasteiger charge is 1.97. The first-order chi connectivity index (χ1) is 7.86. The predicted molar refractivity (Wildman–Crippen MR) is 70.9 cm³/mol. The van der Waals surface area contributed by atoms with E-state index >= 15 is 0 Å². The third-order valence-corrected chi connectivity index (χ3v) is 3.59. The number of thiophene rings is 1. The zero-order valence-electron chi connectivity index (χ0n) is 9.57. The summed E-state index contributed by atoms with van der Waals surface area (Å²) in [4.78, 5) is 1.41. The van der Waals surface area contributed by atoms with Gasteiger partial charge in [0.05, 0.1) is 0 Å². The van der Waals surface area contributed by atoms with Gasteiger partial charge in [0.1, 0.15) is 0 Å². The fourth-order valence-corrected chi connectivity index (χ4v) is 2.41. The van der Waals surface area contributed by atoms with Crippen molar-refractivity contribution in [2.75, 3.05) is 6.54 Å². The number of aryl methyl sites for hydroxylation is 1. The zero-order chi connectivity index (χ0) is 11.2. The van der Waals surface area contributed by atoms with Crippen molar-refractivity contribution in [2.45, 2.75) is 19.9 Å². The van der Waals surface area contributed by atoms with Gasteiger partial charge < -0.3 is 5.32 Å². The van der Waals surface area contributed by atoms with Crippen molar-refractivity contribution in [1.29, 1.82) is 0 Å². The minimum Gasteiger partial charge on any atom is -0.312 e. The summed E-state index contributed by atoms with van der Waals surface area (Å²) in [6.07, 6.45) is 1.11. The molecule has 2 heteroatoms. The Labute approximate surface area is 101 Å². The quantitative estimate of drug-likeness (QED) is 0.778. The van der Waals surface area contributed by atoms with Gasteiger partial charge in [0.15, 0.2) is 0 Å². The molecule has 0 saturated heterocycles. The Kier molecular flexibility index (Phi) is 4.14. The van der Waals surface area contributed by atoms with Crippen LogP contribution in [0.3, 0.4) is 0 Å². The first-order valence-electron chi connectivity index (χ1n) is 5.64. The van der Waals surface area contributed by atoms with Gasteiger partial charge in [-0.3, -0.25) is 0 Å². The van der Waals surface area contributed by atoms with Gasteiger partial charge in [0, 0.05) is 11.4 Å². The summed E-state index contributed by atoms with van der Waals surface area (Å²) in [6.45, 7) is 4.21. The maximum absolute atomic E-state index is 3.47. The lowest BCUT2D eigenvalue weighted by Gasteiger charge is -2.06. The summed E-state index contributed by atoms with van der Waals surface area (Å²) in [7, 11) is 0. The van der Waals surface area contributed by atoms with Crippen LogP contribution in [0.1, 0.15) is 16.0 Å². The molecule has 0 bridgehead atoms. The molecule has 1 aromatic heterocycles. The van der Waals surface area contributed by atoms with Crippen LogP contribution < -0.4 is 5.32 Å². The van der Waals surface area contributed by atoms with Gasteiger partial charge in [0.25, 0.3) is 0 Å². The molecule has 1 heterocycles. The standard InChI is InChI=1S/C14H17NS/c1-12-5-2-3-6-13(12)8-9-15-11-14-7-4-10-16-14/h2-7,10,15H,8-9,11H2,1H3. The molecular formula is C14H17NS. The zero-order valence-corrected chi connectivity index (χ0v) is 10.4. The van der Waals surface area contributed by atoms with Gasteiger partial charge in [-0.25, -0.2) is 0 Å². The molecular weight excluding hydrogens is 214 g/mol. The van der Waals surface area contributed by atoms with E-state index in [1.165, 1.54) is 16.0 Å². The Hall–Kier alpha value is -1.12. The molecule has 16 heavy (non-hydrogen) atoms. The lowest BCUT2D eigenvalue weighted by atomic mass is 10.1. The minimum absolute atomic E-state index is 0.990. The minimum atomic E-state index is 0.990. The summed E-state index contributed by atoms with van der Waals surface area (Å²) in [5.74, 6) is 0. The van der Waals surface area contributed by atoms with Gasteiger partial charge in [-0.2, -0.15) is 0 Å². The molecule has 2 rings (SSSR count). The Bertz CT molecular complexity index is 420. The van der Waals surface area contributed by atoms with E-state index in [1.807, 2.05) is 11.3 Å². The molecule has 0 fully saturated rings. The molecule has 0 saturated carbocycles. The molecule has 1 aromatic carbocycles. The third-order valence-electron chi connectivity index (χ3n) is 2.71. The van der Waals surface area contributed by atoms with Gasteiger partial charge in [-0.15, -0.1) is 11.3 Å². The van der Waals surface area contributed by atoms with Crippen LogP contribution in [0.15, 0.2) is 41.8 Å². The maximum Gasteiger partial charge on any atom is 0.0299 e. The topological polar surface area (TPSA) is 12.0 Å². The Morgan fingerprint density at radius 3 is 2.75 bits per heavy atom. The highest BCUT2D eigenvalue weighted by molar-refractivity contribution is 7.09. The normalized spacial score (nSPS) is 10.6.